The molecule has 1 saturated heterocycles. The summed E-state index contributed by atoms with van der Waals surface area (Å²) in [5, 5.41) is 0. The molecule has 1 fully saturated rings. The van der Waals surface area contributed by atoms with Crippen LogP contribution >= 0.6 is 0 Å². The first-order chi connectivity index (χ1) is 3.93. The second kappa shape index (κ2) is 2.58. The lowest BCUT2D eigenvalue weighted by Crippen LogP contribution is -2.07. The molecule has 0 bridgehead atoms. The SMILES string of the molecule is C#CO[C@@H]1CCOC1. The van der Waals surface area contributed by atoms with Crippen molar-refractivity contribution in [2.45, 2.75) is 12.5 Å². The largest absolute Gasteiger partial charge is 0.441 e. The predicted octanol–water partition coefficient (Wildman–Crippen LogP) is 0.383. The molecule has 0 N–H and O–H groups in total. The number of rotatable bonds is 1. The maximum absolute atomic E-state index is 4.99. The van der Waals surface area contributed by atoms with E-state index in [1.54, 1.807) is 0 Å². The van der Waals surface area contributed by atoms with Crippen molar-refractivity contribution >= 4 is 0 Å². The topological polar surface area (TPSA) is 18.5 Å². The van der Waals surface area contributed by atoms with Crippen LogP contribution in [-0.4, -0.2) is 19.3 Å². The van der Waals surface area contributed by atoms with Crippen molar-refractivity contribution in [3.05, 3.63) is 0 Å². The van der Waals surface area contributed by atoms with Gasteiger partial charge in [-0.15, -0.1) is 0 Å². The Morgan fingerprint density at radius 1 is 1.75 bits per heavy atom. The molecule has 44 valence electrons. The van der Waals surface area contributed by atoms with E-state index in [2.05, 4.69) is 6.11 Å². The van der Waals surface area contributed by atoms with E-state index in [-0.39, 0.29) is 6.10 Å². The molecule has 0 radical (unpaired) electrons. The molecule has 1 heterocycles. The highest BCUT2D eigenvalue weighted by atomic mass is 16.5. The van der Waals surface area contributed by atoms with E-state index in [0.717, 1.165) is 13.0 Å². The summed E-state index contributed by atoms with van der Waals surface area (Å²) in [5.74, 6) is 0. The third-order valence-electron chi connectivity index (χ3n) is 1.12. The van der Waals surface area contributed by atoms with Gasteiger partial charge in [-0.05, 0) is 0 Å². The molecule has 0 aromatic heterocycles. The number of hydrogen-bond donors (Lipinski definition) is 0. The van der Waals surface area contributed by atoms with Gasteiger partial charge in [0.25, 0.3) is 0 Å². The quantitative estimate of drug-likeness (QED) is 0.456. The lowest BCUT2D eigenvalue weighted by atomic mass is 10.3. The Bertz CT molecular complexity index is 97.6. The first-order valence-corrected chi connectivity index (χ1v) is 2.62. The predicted molar refractivity (Wildman–Crippen MR) is 29.1 cm³/mol. The molecular formula is C6H8O2. The molecule has 2 nitrogen and oxygen atoms in total. The number of hydrogen-bond acceptors (Lipinski definition) is 2. The Kier molecular flexibility index (Phi) is 1.76. The summed E-state index contributed by atoms with van der Waals surface area (Å²) in [5.41, 5.74) is 0. The van der Waals surface area contributed by atoms with Gasteiger partial charge >= 0.3 is 0 Å². The lowest BCUT2D eigenvalue weighted by molar-refractivity contribution is 0.123. The fraction of sp³-hybridized carbons (Fsp3) is 0.667. The summed E-state index contributed by atoms with van der Waals surface area (Å²) in [6, 6.07) is 0. The molecule has 1 aliphatic rings. The minimum Gasteiger partial charge on any atom is -0.441 e. The molecule has 0 amide bonds. The zero-order valence-corrected chi connectivity index (χ0v) is 4.59. The van der Waals surface area contributed by atoms with Crippen LogP contribution in [0.3, 0.4) is 0 Å². The normalized spacial score (nSPS) is 27.1. The smallest absolute Gasteiger partial charge is 0.136 e. The minimum absolute atomic E-state index is 0.153. The second-order valence-corrected chi connectivity index (χ2v) is 1.72. The fourth-order valence-electron chi connectivity index (χ4n) is 0.702. The third-order valence-corrected chi connectivity index (χ3v) is 1.12. The van der Waals surface area contributed by atoms with E-state index < -0.39 is 0 Å². The second-order valence-electron chi connectivity index (χ2n) is 1.72. The van der Waals surface area contributed by atoms with Crippen LogP contribution in [0.1, 0.15) is 6.42 Å². The average molecular weight is 112 g/mol. The van der Waals surface area contributed by atoms with Gasteiger partial charge in [0.15, 0.2) is 0 Å². The van der Waals surface area contributed by atoms with Gasteiger partial charge in [0.05, 0.1) is 13.2 Å². The van der Waals surface area contributed by atoms with Gasteiger partial charge in [0.1, 0.15) is 12.2 Å². The van der Waals surface area contributed by atoms with E-state index in [1.165, 1.54) is 0 Å². The number of terminal acetylenes is 1. The monoisotopic (exact) mass is 112 g/mol. The van der Waals surface area contributed by atoms with E-state index >= 15 is 0 Å². The van der Waals surface area contributed by atoms with Gasteiger partial charge in [-0.1, -0.05) is 6.42 Å². The molecular weight excluding hydrogens is 104 g/mol. The van der Waals surface area contributed by atoms with Gasteiger partial charge in [-0.3, -0.25) is 0 Å². The first kappa shape index (κ1) is 5.46. The van der Waals surface area contributed by atoms with Crippen molar-refractivity contribution in [1.82, 2.24) is 0 Å². The van der Waals surface area contributed by atoms with Crippen LogP contribution in [0, 0.1) is 12.5 Å². The molecule has 8 heavy (non-hydrogen) atoms. The highest BCUT2D eigenvalue weighted by Crippen LogP contribution is 2.06. The van der Waals surface area contributed by atoms with Crippen molar-refractivity contribution < 1.29 is 9.47 Å². The van der Waals surface area contributed by atoms with Crippen molar-refractivity contribution in [3.63, 3.8) is 0 Å². The van der Waals surface area contributed by atoms with Crippen LogP contribution in [0.5, 0.6) is 0 Å². The molecule has 0 unspecified atom stereocenters. The average Bonchev–Trinajstić information content (AvgIpc) is 2.19. The maximum Gasteiger partial charge on any atom is 0.136 e. The Morgan fingerprint density at radius 2 is 2.62 bits per heavy atom. The lowest BCUT2D eigenvalue weighted by Gasteiger charge is -2.00. The summed E-state index contributed by atoms with van der Waals surface area (Å²) in [4.78, 5) is 0. The van der Waals surface area contributed by atoms with Gasteiger partial charge in [0, 0.05) is 6.42 Å². The van der Waals surface area contributed by atoms with E-state index in [9.17, 15) is 0 Å². The summed E-state index contributed by atoms with van der Waals surface area (Å²) < 4.78 is 9.79. The molecule has 2 heteroatoms. The van der Waals surface area contributed by atoms with E-state index in [4.69, 9.17) is 15.9 Å². The standard InChI is InChI=1S/C6H8O2/c1-2-8-6-3-4-7-5-6/h1,6H,3-5H2/t6-/m1/s1. The van der Waals surface area contributed by atoms with Crippen molar-refractivity contribution in [3.8, 4) is 12.5 Å². The van der Waals surface area contributed by atoms with Crippen LogP contribution in [-0.2, 0) is 9.47 Å². The van der Waals surface area contributed by atoms with Gasteiger partial charge in [-0.2, -0.15) is 0 Å². The molecule has 0 aliphatic carbocycles. The molecule has 1 rings (SSSR count). The Hall–Kier alpha value is -0.680. The zero-order chi connectivity index (χ0) is 5.82. The van der Waals surface area contributed by atoms with Gasteiger partial charge in [-0.25, -0.2) is 0 Å². The highest BCUT2D eigenvalue weighted by Gasteiger charge is 2.14. The van der Waals surface area contributed by atoms with Crippen LogP contribution in [0.25, 0.3) is 0 Å². The summed E-state index contributed by atoms with van der Waals surface area (Å²) in [7, 11) is 0. The van der Waals surface area contributed by atoms with Crippen LogP contribution in [0.2, 0.25) is 0 Å². The molecule has 0 saturated carbocycles. The molecule has 1 aliphatic heterocycles. The molecule has 0 aromatic rings. The summed E-state index contributed by atoms with van der Waals surface area (Å²) in [6.45, 7) is 1.44. The van der Waals surface area contributed by atoms with Gasteiger partial charge < -0.3 is 9.47 Å². The third kappa shape index (κ3) is 1.14. The van der Waals surface area contributed by atoms with Crippen LogP contribution in [0.15, 0.2) is 0 Å². The first-order valence-electron chi connectivity index (χ1n) is 2.62. The summed E-state index contributed by atoms with van der Waals surface area (Å²) in [6.07, 6.45) is 8.10. The zero-order valence-electron chi connectivity index (χ0n) is 4.59. The number of ether oxygens (including phenoxy) is 2. The van der Waals surface area contributed by atoms with Crippen LogP contribution in [0.4, 0.5) is 0 Å². The minimum atomic E-state index is 0.153. The Balaban J connectivity index is 2.17. The molecule has 0 aromatic carbocycles. The fourth-order valence-corrected chi connectivity index (χ4v) is 0.702. The van der Waals surface area contributed by atoms with Crippen molar-refractivity contribution in [1.29, 1.82) is 0 Å². The highest BCUT2D eigenvalue weighted by molar-refractivity contribution is 4.74. The van der Waals surface area contributed by atoms with Crippen LogP contribution < -0.4 is 0 Å². The van der Waals surface area contributed by atoms with Gasteiger partial charge in [0.2, 0.25) is 0 Å². The molecule has 0 spiro atoms. The van der Waals surface area contributed by atoms with E-state index in [0.29, 0.717) is 6.61 Å². The van der Waals surface area contributed by atoms with Crippen molar-refractivity contribution in [2.75, 3.05) is 13.2 Å². The van der Waals surface area contributed by atoms with Crippen molar-refractivity contribution in [2.24, 2.45) is 0 Å². The molecule has 1 atom stereocenters. The maximum atomic E-state index is 4.99. The Labute approximate surface area is 48.8 Å². The summed E-state index contributed by atoms with van der Waals surface area (Å²) >= 11 is 0. The van der Waals surface area contributed by atoms with E-state index in [1.807, 2.05) is 0 Å². The Morgan fingerprint density at radius 3 is 3.12 bits per heavy atom.